The molecule has 0 spiro atoms. The van der Waals surface area contributed by atoms with Gasteiger partial charge in [-0.2, -0.15) is 0 Å². The Kier molecular flexibility index (Phi) is 20.4. The van der Waals surface area contributed by atoms with Gasteiger partial charge in [0, 0.05) is 0 Å². The lowest BCUT2D eigenvalue weighted by molar-refractivity contribution is -0.149. The minimum Gasteiger partial charge on any atom is -0.468 e. The highest BCUT2D eigenvalue weighted by atomic mass is 16.5. The Bertz CT molecular complexity index is 868. The number of esters is 3. The third-order valence-electron chi connectivity index (χ3n) is 11.0. The molecule has 0 aliphatic heterocycles. The first-order chi connectivity index (χ1) is 22.3. The standard InChI is InChI=1S/C18H33NO2.C10H19NO2.C10H21NO2/c1-21-17(20)18(19,14-16-10-6-3-7-11-16)13-12-15-8-4-2-5-9-15;1-3-4-7-10(11,8-5-6-8)9(12)13-2;1-5-6-7-10(11,8(2)3)9(12)13-4/h15-16H,2-14,19H2,1H3;8H,3-7,11H2,1-2H3;8H,5-7,11H2,1-4H3. The Balaban J connectivity index is 0.000000372. The first-order valence-electron chi connectivity index (χ1n) is 18.9. The molecule has 3 atom stereocenters. The lowest BCUT2D eigenvalue weighted by atomic mass is 9.75. The first kappa shape index (κ1) is 43.3. The van der Waals surface area contributed by atoms with Crippen molar-refractivity contribution in [3.63, 3.8) is 0 Å². The van der Waals surface area contributed by atoms with E-state index in [2.05, 4.69) is 13.8 Å². The molecule has 0 heterocycles. The highest BCUT2D eigenvalue weighted by Gasteiger charge is 2.48. The second-order valence-electron chi connectivity index (χ2n) is 15.1. The molecule has 0 bridgehead atoms. The van der Waals surface area contributed by atoms with Crippen molar-refractivity contribution in [1.82, 2.24) is 0 Å². The van der Waals surface area contributed by atoms with E-state index in [1.807, 2.05) is 13.8 Å². The summed E-state index contributed by atoms with van der Waals surface area (Å²) in [5.41, 5.74) is 16.4. The van der Waals surface area contributed by atoms with Crippen LogP contribution in [0.5, 0.6) is 0 Å². The Hall–Kier alpha value is -1.71. The molecular weight excluding hydrogens is 594 g/mol. The fraction of sp³-hybridized carbons (Fsp3) is 0.921. The van der Waals surface area contributed by atoms with Gasteiger partial charge in [-0.25, -0.2) is 0 Å². The quantitative estimate of drug-likeness (QED) is 0.113. The molecule has 3 unspecified atom stereocenters. The van der Waals surface area contributed by atoms with Gasteiger partial charge in [0.15, 0.2) is 0 Å². The van der Waals surface area contributed by atoms with Crippen LogP contribution in [0, 0.1) is 23.7 Å². The normalized spacial score (nSPS) is 21.0. The van der Waals surface area contributed by atoms with Gasteiger partial charge in [-0.1, -0.05) is 118 Å². The monoisotopic (exact) mass is 668 g/mol. The molecule has 9 heteroatoms. The summed E-state index contributed by atoms with van der Waals surface area (Å²) in [6, 6.07) is 0. The molecule has 0 saturated heterocycles. The van der Waals surface area contributed by atoms with Gasteiger partial charge in [0.25, 0.3) is 0 Å². The maximum atomic E-state index is 12.2. The van der Waals surface area contributed by atoms with E-state index in [9.17, 15) is 14.4 Å². The highest BCUT2D eigenvalue weighted by molar-refractivity contribution is 5.81. The van der Waals surface area contributed by atoms with Crippen molar-refractivity contribution in [1.29, 1.82) is 0 Å². The lowest BCUT2D eigenvalue weighted by Crippen LogP contribution is -2.53. The summed E-state index contributed by atoms with van der Waals surface area (Å²) in [6.07, 6.45) is 23.6. The topological polar surface area (TPSA) is 157 Å². The van der Waals surface area contributed by atoms with Crippen LogP contribution in [-0.4, -0.2) is 55.9 Å². The zero-order valence-electron chi connectivity index (χ0n) is 31.3. The molecule has 0 aromatic rings. The summed E-state index contributed by atoms with van der Waals surface area (Å²) >= 11 is 0. The fourth-order valence-corrected chi connectivity index (χ4v) is 7.35. The zero-order valence-corrected chi connectivity index (χ0v) is 31.3. The molecule has 0 aromatic heterocycles. The van der Waals surface area contributed by atoms with Crippen LogP contribution in [0.2, 0.25) is 0 Å². The van der Waals surface area contributed by atoms with E-state index in [0.29, 0.717) is 18.3 Å². The molecule has 0 aromatic carbocycles. The first-order valence-corrected chi connectivity index (χ1v) is 18.9. The van der Waals surface area contributed by atoms with E-state index in [0.717, 1.165) is 70.1 Å². The van der Waals surface area contributed by atoms with Gasteiger partial charge in [-0.05, 0) is 68.6 Å². The number of ether oxygens (including phenoxy) is 3. The lowest BCUT2D eigenvalue weighted by Gasteiger charge is -2.34. The van der Waals surface area contributed by atoms with E-state index in [4.69, 9.17) is 31.4 Å². The molecule has 0 radical (unpaired) electrons. The van der Waals surface area contributed by atoms with Gasteiger partial charge >= 0.3 is 17.9 Å². The van der Waals surface area contributed by atoms with Crippen LogP contribution >= 0.6 is 0 Å². The number of nitrogens with two attached hydrogens (primary N) is 3. The average Bonchev–Trinajstić information content (AvgIpc) is 3.95. The molecule has 3 fully saturated rings. The maximum absolute atomic E-state index is 12.2. The van der Waals surface area contributed by atoms with Crippen LogP contribution in [0.15, 0.2) is 0 Å². The average molecular weight is 668 g/mol. The minimum atomic E-state index is -0.801. The van der Waals surface area contributed by atoms with E-state index < -0.39 is 16.6 Å². The third kappa shape index (κ3) is 14.4. The molecule has 276 valence electrons. The minimum absolute atomic E-state index is 0.117. The SMILES string of the molecule is CCCCC(N)(C(=O)OC)C(C)C.CCCCC(N)(C(=O)OC)C1CC1.COC(=O)C(N)(CCC1CCCCC1)CC1CCCCC1. The summed E-state index contributed by atoms with van der Waals surface area (Å²) < 4.78 is 14.5. The van der Waals surface area contributed by atoms with Gasteiger partial charge in [0.2, 0.25) is 0 Å². The molecular formula is C38H73N3O6. The van der Waals surface area contributed by atoms with Crippen LogP contribution in [0.25, 0.3) is 0 Å². The Morgan fingerprint density at radius 3 is 1.53 bits per heavy atom. The van der Waals surface area contributed by atoms with E-state index in [1.54, 1.807) is 0 Å². The van der Waals surface area contributed by atoms with Crippen molar-refractivity contribution in [2.75, 3.05) is 21.3 Å². The summed E-state index contributed by atoms with van der Waals surface area (Å²) in [4.78, 5) is 35.1. The van der Waals surface area contributed by atoms with Crippen LogP contribution in [0.3, 0.4) is 0 Å². The van der Waals surface area contributed by atoms with Gasteiger partial charge in [0.1, 0.15) is 16.6 Å². The maximum Gasteiger partial charge on any atom is 0.326 e. The zero-order chi connectivity index (χ0) is 35.5. The van der Waals surface area contributed by atoms with E-state index >= 15 is 0 Å². The van der Waals surface area contributed by atoms with Crippen molar-refractivity contribution in [3.8, 4) is 0 Å². The van der Waals surface area contributed by atoms with Gasteiger partial charge < -0.3 is 31.4 Å². The number of carbonyl (C=O) groups is 3. The van der Waals surface area contributed by atoms with Crippen LogP contribution in [-0.2, 0) is 28.6 Å². The second-order valence-corrected chi connectivity index (χ2v) is 15.1. The van der Waals surface area contributed by atoms with Crippen molar-refractivity contribution >= 4 is 17.9 Å². The van der Waals surface area contributed by atoms with E-state index in [-0.39, 0.29) is 23.8 Å². The Labute approximate surface area is 287 Å². The van der Waals surface area contributed by atoms with E-state index in [1.165, 1.54) is 85.5 Å². The second kappa shape index (κ2) is 22.1. The molecule has 47 heavy (non-hydrogen) atoms. The number of hydrogen-bond acceptors (Lipinski definition) is 9. The Morgan fingerprint density at radius 1 is 0.638 bits per heavy atom. The molecule has 6 N–H and O–H groups in total. The molecule has 0 amide bonds. The summed E-state index contributed by atoms with van der Waals surface area (Å²) in [5, 5.41) is 0. The predicted octanol–water partition coefficient (Wildman–Crippen LogP) is 7.35. The van der Waals surface area contributed by atoms with Gasteiger partial charge in [-0.3, -0.25) is 14.4 Å². The number of unbranched alkanes of at least 4 members (excludes halogenated alkanes) is 2. The highest BCUT2D eigenvalue weighted by Crippen LogP contribution is 2.41. The van der Waals surface area contributed by atoms with Crippen molar-refractivity contribution in [2.24, 2.45) is 40.9 Å². The molecule has 3 aliphatic carbocycles. The number of rotatable bonds is 16. The van der Waals surface area contributed by atoms with Gasteiger partial charge in [0.05, 0.1) is 21.3 Å². The molecule has 3 aliphatic rings. The smallest absolute Gasteiger partial charge is 0.326 e. The van der Waals surface area contributed by atoms with Gasteiger partial charge in [-0.15, -0.1) is 0 Å². The molecule has 9 nitrogen and oxygen atoms in total. The molecule has 3 rings (SSSR count). The van der Waals surface area contributed by atoms with Crippen LogP contribution in [0.1, 0.15) is 163 Å². The molecule has 3 saturated carbocycles. The van der Waals surface area contributed by atoms with Crippen LogP contribution in [0.4, 0.5) is 0 Å². The van der Waals surface area contributed by atoms with Crippen molar-refractivity contribution < 1.29 is 28.6 Å². The number of carbonyl (C=O) groups excluding carboxylic acids is 3. The Morgan fingerprint density at radius 2 is 1.11 bits per heavy atom. The third-order valence-corrected chi connectivity index (χ3v) is 11.0. The van der Waals surface area contributed by atoms with Crippen molar-refractivity contribution in [2.45, 2.75) is 179 Å². The number of methoxy groups -OCH3 is 3. The fourth-order valence-electron chi connectivity index (χ4n) is 7.35. The predicted molar refractivity (Wildman–Crippen MR) is 190 cm³/mol. The summed E-state index contributed by atoms with van der Waals surface area (Å²) in [6.45, 7) is 8.09. The van der Waals surface area contributed by atoms with Crippen molar-refractivity contribution in [3.05, 3.63) is 0 Å². The summed E-state index contributed by atoms with van der Waals surface area (Å²) in [5.74, 6) is 1.16. The number of hydrogen-bond donors (Lipinski definition) is 3. The summed E-state index contributed by atoms with van der Waals surface area (Å²) in [7, 11) is 4.28. The largest absolute Gasteiger partial charge is 0.468 e. The van der Waals surface area contributed by atoms with Crippen LogP contribution < -0.4 is 17.2 Å².